The predicted molar refractivity (Wildman–Crippen MR) is 57.6 cm³/mol. The zero-order chi connectivity index (χ0) is 10.4. The van der Waals surface area contributed by atoms with E-state index in [2.05, 4.69) is 19.2 Å². The molecule has 0 unspecified atom stereocenters. The first-order valence-corrected chi connectivity index (χ1v) is 5.13. The summed E-state index contributed by atoms with van der Waals surface area (Å²) in [5.41, 5.74) is 1.01. The van der Waals surface area contributed by atoms with Gasteiger partial charge in [-0.3, -0.25) is 0 Å². The van der Waals surface area contributed by atoms with E-state index in [4.69, 9.17) is 0 Å². The van der Waals surface area contributed by atoms with Crippen molar-refractivity contribution in [3.05, 3.63) is 35.6 Å². The third kappa shape index (κ3) is 4.38. The maximum Gasteiger partial charge on any atom is 0.123 e. The highest BCUT2D eigenvalue weighted by Gasteiger charge is 1.96. The van der Waals surface area contributed by atoms with E-state index in [1.54, 1.807) is 12.1 Å². The second-order valence-electron chi connectivity index (χ2n) is 3.99. The normalized spacial score (nSPS) is 10.9. The van der Waals surface area contributed by atoms with Crippen LogP contribution in [0.15, 0.2) is 24.3 Å². The maximum atomic E-state index is 12.8. The molecule has 0 bridgehead atoms. The molecule has 0 aliphatic rings. The minimum absolute atomic E-state index is 0.159. The molecule has 0 heterocycles. The predicted octanol–water partition coefficient (Wildman–Crippen LogP) is 2.96. The lowest BCUT2D eigenvalue weighted by Crippen LogP contribution is -2.16. The molecule has 0 saturated carbocycles. The van der Waals surface area contributed by atoms with Crippen molar-refractivity contribution in [3.63, 3.8) is 0 Å². The Kier molecular flexibility index (Phi) is 4.60. The van der Waals surface area contributed by atoms with Crippen LogP contribution in [0.2, 0.25) is 0 Å². The first-order valence-electron chi connectivity index (χ1n) is 5.13. The van der Waals surface area contributed by atoms with Crippen molar-refractivity contribution < 1.29 is 4.39 Å². The Labute approximate surface area is 85.3 Å². The number of nitrogens with one attached hydrogen (secondary N) is 1. The molecule has 0 spiro atoms. The van der Waals surface area contributed by atoms with E-state index in [9.17, 15) is 4.39 Å². The van der Waals surface area contributed by atoms with Gasteiger partial charge >= 0.3 is 0 Å². The maximum absolute atomic E-state index is 12.8. The zero-order valence-corrected chi connectivity index (χ0v) is 8.89. The molecule has 1 nitrogen and oxygen atoms in total. The Morgan fingerprint density at radius 3 is 2.79 bits per heavy atom. The van der Waals surface area contributed by atoms with Crippen molar-refractivity contribution in [2.75, 3.05) is 6.54 Å². The Balaban J connectivity index is 2.25. The van der Waals surface area contributed by atoms with Crippen molar-refractivity contribution in [1.29, 1.82) is 0 Å². The molecule has 0 radical (unpaired) electrons. The number of hydrogen-bond donors (Lipinski definition) is 1. The van der Waals surface area contributed by atoms with Crippen molar-refractivity contribution >= 4 is 0 Å². The SMILES string of the molecule is CC(C)CCNCc1cccc(F)c1. The number of hydrogen-bond acceptors (Lipinski definition) is 1. The molecular formula is C12H18FN. The van der Waals surface area contributed by atoms with Gasteiger partial charge in [0.05, 0.1) is 0 Å². The lowest BCUT2D eigenvalue weighted by atomic mass is 10.1. The average molecular weight is 195 g/mol. The van der Waals surface area contributed by atoms with Gasteiger partial charge in [-0.2, -0.15) is 0 Å². The van der Waals surface area contributed by atoms with Crippen molar-refractivity contribution in [1.82, 2.24) is 5.32 Å². The summed E-state index contributed by atoms with van der Waals surface area (Å²) in [6.07, 6.45) is 1.16. The summed E-state index contributed by atoms with van der Waals surface area (Å²) in [5, 5.41) is 3.29. The van der Waals surface area contributed by atoms with E-state index >= 15 is 0 Å². The summed E-state index contributed by atoms with van der Waals surface area (Å²) in [5.74, 6) is 0.558. The van der Waals surface area contributed by atoms with Crippen LogP contribution in [0.4, 0.5) is 4.39 Å². The fraction of sp³-hybridized carbons (Fsp3) is 0.500. The monoisotopic (exact) mass is 195 g/mol. The first kappa shape index (κ1) is 11.2. The van der Waals surface area contributed by atoms with E-state index in [1.807, 2.05) is 6.07 Å². The fourth-order valence-corrected chi connectivity index (χ4v) is 1.27. The van der Waals surface area contributed by atoms with Gasteiger partial charge in [-0.25, -0.2) is 4.39 Å². The van der Waals surface area contributed by atoms with E-state index in [1.165, 1.54) is 6.07 Å². The van der Waals surface area contributed by atoms with Gasteiger partial charge in [0.2, 0.25) is 0 Å². The van der Waals surface area contributed by atoms with E-state index < -0.39 is 0 Å². The van der Waals surface area contributed by atoms with Crippen molar-refractivity contribution in [2.24, 2.45) is 5.92 Å². The van der Waals surface area contributed by atoms with Gasteiger partial charge in [0.15, 0.2) is 0 Å². The molecule has 0 atom stereocenters. The van der Waals surface area contributed by atoms with Crippen LogP contribution >= 0.6 is 0 Å². The molecule has 0 aromatic heterocycles. The zero-order valence-electron chi connectivity index (χ0n) is 8.89. The van der Waals surface area contributed by atoms with E-state index in [-0.39, 0.29) is 5.82 Å². The fourth-order valence-electron chi connectivity index (χ4n) is 1.27. The van der Waals surface area contributed by atoms with Crippen molar-refractivity contribution in [3.8, 4) is 0 Å². The van der Waals surface area contributed by atoms with Crippen LogP contribution in [-0.4, -0.2) is 6.54 Å². The Morgan fingerprint density at radius 1 is 1.36 bits per heavy atom. The third-order valence-electron chi connectivity index (χ3n) is 2.12. The van der Waals surface area contributed by atoms with Crippen LogP contribution < -0.4 is 5.32 Å². The Bertz CT molecular complexity index is 271. The standard InChI is InChI=1S/C12H18FN/c1-10(2)6-7-14-9-11-4-3-5-12(13)8-11/h3-5,8,10,14H,6-7,9H2,1-2H3. The van der Waals surface area contributed by atoms with Gasteiger partial charge in [-0.15, -0.1) is 0 Å². The van der Waals surface area contributed by atoms with E-state index in [0.717, 1.165) is 31.0 Å². The molecule has 0 fully saturated rings. The lowest BCUT2D eigenvalue weighted by molar-refractivity contribution is 0.536. The Morgan fingerprint density at radius 2 is 2.14 bits per heavy atom. The van der Waals surface area contributed by atoms with Crippen LogP contribution in [0.1, 0.15) is 25.8 Å². The number of rotatable bonds is 5. The summed E-state index contributed by atoms with van der Waals surface area (Å²) in [6, 6.07) is 6.72. The highest BCUT2D eigenvalue weighted by molar-refractivity contribution is 5.15. The highest BCUT2D eigenvalue weighted by atomic mass is 19.1. The minimum atomic E-state index is -0.159. The molecule has 14 heavy (non-hydrogen) atoms. The molecule has 0 saturated heterocycles. The second kappa shape index (κ2) is 5.76. The van der Waals surface area contributed by atoms with Gasteiger partial charge in [0.1, 0.15) is 5.82 Å². The average Bonchev–Trinajstić information content (AvgIpc) is 2.12. The Hall–Kier alpha value is -0.890. The molecule has 1 N–H and O–H groups in total. The summed E-state index contributed by atoms with van der Waals surface area (Å²) < 4.78 is 12.8. The third-order valence-corrected chi connectivity index (χ3v) is 2.12. The largest absolute Gasteiger partial charge is 0.313 e. The van der Waals surface area contributed by atoms with Crippen LogP contribution in [-0.2, 0) is 6.54 Å². The summed E-state index contributed by atoms with van der Waals surface area (Å²) in [6.45, 7) is 6.15. The molecule has 1 aromatic rings. The van der Waals surface area contributed by atoms with Gasteiger partial charge in [-0.1, -0.05) is 26.0 Å². The summed E-state index contributed by atoms with van der Waals surface area (Å²) in [4.78, 5) is 0. The molecule has 0 aliphatic carbocycles. The highest BCUT2D eigenvalue weighted by Crippen LogP contribution is 2.03. The van der Waals surface area contributed by atoms with Crippen LogP contribution in [0.25, 0.3) is 0 Å². The van der Waals surface area contributed by atoms with Gasteiger partial charge in [-0.05, 0) is 36.6 Å². The topological polar surface area (TPSA) is 12.0 Å². The molecule has 1 rings (SSSR count). The summed E-state index contributed by atoms with van der Waals surface area (Å²) in [7, 11) is 0. The smallest absolute Gasteiger partial charge is 0.123 e. The minimum Gasteiger partial charge on any atom is -0.313 e. The molecule has 78 valence electrons. The molecular weight excluding hydrogens is 177 g/mol. The lowest BCUT2D eigenvalue weighted by Gasteiger charge is -2.06. The molecule has 0 aliphatic heterocycles. The molecule has 1 aromatic carbocycles. The number of benzene rings is 1. The van der Waals surface area contributed by atoms with Gasteiger partial charge in [0.25, 0.3) is 0 Å². The van der Waals surface area contributed by atoms with Crippen LogP contribution in [0, 0.1) is 11.7 Å². The van der Waals surface area contributed by atoms with Crippen molar-refractivity contribution in [2.45, 2.75) is 26.8 Å². The summed E-state index contributed by atoms with van der Waals surface area (Å²) >= 11 is 0. The van der Waals surface area contributed by atoms with E-state index in [0.29, 0.717) is 0 Å². The number of halogens is 1. The van der Waals surface area contributed by atoms with Gasteiger partial charge in [0, 0.05) is 6.54 Å². The molecule has 2 heteroatoms. The quantitative estimate of drug-likeness (QED) is 0.712. The van der Waals surface area contributed by atoms with Crippen LogP contribution in [0.5, 0.6) is 0 Å². The molecule has 0 amide bonds. The first-order chi connectivity index (χ1) is 6.68. The second-order valence-corrected chi connectivity index (χ2v) is 3.99. The van der Waals surface area contributed by atoms with Gasteiger partial charge < -0.3 is 5.32 Å². The van der Waals surface area contributed by atoms with Crippen LogP contribution in [0.3, 0.4) is 0 Å².